The van der Waals surface area contributed by atoms with Crippen LogP contribution in [0.4, 0.5) is 0 Å². The van der Waals surface area contributed by atoms with Crippen molar-refractivity contribution >= 4 is 5.91 Å². The minimum atomic E-state index is 0.172. The van der Waals surface area contributed by atoms with E-state index >= 15 is 0 Å². The third-order valence-corrected chi connectivity index (χ3v) is 2.90. The Hall–Kier alpha value is -0.790. The molecule has 0 bridgehead atoms. The summed E-state index contributed by atoms with van der Waals surface area (Å²) in [5.41, 5.74) is 1.02. The largest absolute Gasteiger partial charge is 0.352 e. The van der Waals surface area contributed by atoms with Gasteiger partial charge < -0.3 is 5.32 Å². The Balaban J connectivity index is 2.34. The fourth-order valence-electron chi connectivity index (χ4n) is 1.89. The summed E-state index contributed by atoms with van der Waals surface area (Å²) in [6, 6.07) is 0. The Morgan fingerprint density at radius 1 is 1.33 bits per heavy atom. The van der Waals surface area contributed by atoms with Gasteiger partial charge in [0.1, 0.15) is 0 Å². The fraction of sp³-hybridized carbons (Fsp3) is 0.769. The molecule has 0 aromatic heterocycles. The normalized spacial score (nSPS) is 21.0. The average Bonchev–Trinajstić information content (AvgIpc) is 2.17. The van der Waals surface area contributed by atoms with E-state index in [0.29, 0.717) is 0 Å². The summed E-state index contributed by atoms with van der Waals surface area (Å²) in [5, 5.41) is 2.99. The zero-order chi connectivity index (χ0) is 10.9. The van der Waals surface area contributed by atoms with Crippen LogP contribution in [-0.2, 0) is 4.79 Å². The molecule has 0 saturated heterocycles. The van der Waals surface area contributed by atoms with Crippen LogP contribution < -0.4 is 5.32 Å². The van der Waals surface area contributed by atoms with Crippen LogP contribution in [0.15, 0.2) is 11.6 Å². The highest BCUT2D eigenvalue weighted by atomic mass is 16.1. The lowest BCUT2D eigenvalue weighted by molar-refractivity contribution is -0.117. The number of unbranched alkanes of at least 4 members (excludes halogenated alkanes) is 1. The third-order valence-electron chi connectivity index (χ3n) is 2.90. The second-order valence-corrected chi connectivity index (χ2v) is 4.29. The number of hydrogen-bond donors (Lipinski definition) is 1. The van der Waals surface area contributed by atoms with Gasteiger partial charge in [-0.05, 0) is 32.1 Å². The van der Waals surface area contributed by atoms with E-state index in [1.165, 1.54) is 25.7 Å². The fourth-order valence-corrected chi connectivity index (χ4v) is 1.89. The van der Waals surface area contributed by atoms with Gasteiger partial charge in [-0.25, -0.2) is 0 Å². The Bertz CT molecular complexity index is 221. The lowest BCUT2D eigenvalue weighted by atomic mass is 9.99. The van der Waals surface area contributed by atoms with E-state index in [-0.39, 0.29) is 5.91 Å². The molecule has 15 heavy (non-hydrogen) atoms. The van der Waals surface area contributed by atoms with Crippen LogP contribution in [-0.4, -0.2) is 12.5 Å². The summed E-state index contributed by atoms with van der Waals surface area (Å²) >= 11 is 0. The zero-order valence-electron chi connectivity index (χ0n) is 9.85. The van der Waals surface area contributed by atoms with E-state index in [0.717, 1.165) is 37.8 Å². The lowest BCUT2D eigenvalue weighted by Crippen LogP contribution is -2.26. The molecular formula is C13H23NO. The number of carbonyl (C=O) groups is 1. The van der Waals surface area contributed by atoms with Gasteiger partial charge in [0.05, 0.1) is 0 Å². The molecule has 0 aliphatic heterocycles. The molecule has 2 heteroatoms. The van der Waals surface area contributed by atoms with E-state index < -0.39 is 0 Å². The van der Waals surface area contributed by atoms with Crippen LogP contribution >= 0.6 is 0 Å². The number of rotatable bonds is 4. The molecule has 1 rings (SSSR count). The van der Waals surface area contributed by atoms with E-state index in [1.807, 2.05) is 0 Å². The number of nitrogens with one attached hydrogen (secondary N) is 1. The van der Waals surface area contributed by atoms with E-state index in [9.17, 15) is 4.79 Å². The summed E-state index contributed by atoms with van der Waals surface area (Å²) in [5.74, 6) is 0.172. The molecule has 0 radical (unpaired) electrons. The van der Waals surface area contributed by atoms with Crippen LogP contribution in [0.5, 0.6) is 0 Å². The van der Waals surface area contributed by atoms with Gasteiger partial charge in [-0.15, -0.1) is 0 Å². The highest BCUT2D eigenvalue weighted by molar-refractivity contribution is 5.93. The van der Waals surface area contributed by atoms with Crippen LogP contribution in [0.25, 0.3) is 0 Å². The zero-order valence-corrected chi connectivity index (χ0v) is 9.85. The highest BCUT2D eigenvalue weighted by Crippen LogP contribution is 2.16. The van der Waals surface area contributed by atoms with Crippen LogP contribution in [0.1, 0.15) is 58.3 Å². The summed E-state index contributed by atoms with van der Waals surface area (Å²) in [7, 11) is 0. The molecule has 0 aromatic rings. The Kier molecular flexibility index (Phi) is 6.14. The van der Waals surface area contributed by atoms with Crippen molar-refractivity contribution in [2.24, 2.45) is 0 Å². The second kappa shape index (κ2) is 7.49. The second-order valence-electron chi connectivity index (χ2n) is 4.29. The van der Waals surface area contributed by atoms with Crippen molar-refractivity contribution in [3.05, 3.63) is 11.6 Å². The SMILES string of the molecule is CCCCNC(=O)/C1=C/CCCCCC1. The van der Waals surface area contributed by atoms with Crippen molar-refractivity contribution in [1.82, 2.24) is 5.32 Å². The minimum absolute atomic E-state index is 0.172. The molecule has 1 aliphatic rings. The number of allylic oxidation sites excluding steroid dienone is 1. The molecule has 86 valence electrons. The summed E-state index contributed by atoms with van der Waals surface area (Å²) in [6.45, 7) is 2.97. The van der Waals surface area contributed by atoms with Crippen molar-refractivity contribution in [3.63, 3.8) is 0 Å². The van der Waals surface area contributed by atoms with Crippen molar-refractivity contribution in [2.75, 3.05) is 6.54 Å². The smallest absolute Gasteiger partial charge is 0.246 e. The molecule has 1 N–H and O–H groups in total. The number of amides is 1. The standard InChI is InChI=1S/C13H23NO/c1-2-3-11-14-13(15)12-9-7-5-4-6-8-10-12/h9H,2-8,10-11H2,1H3,(H,14,15)/b12-9+. The topological polar surface area (TPSA) is 29.1 Å². The van der Waals surface area contributed by atoms with Crippen LogP contribution in [0.2, 0.25) is 0 Å². The van der Waals surface area contributed by atoms with Gasteiger partial charge in [-0.2, -0.15) is 0 Å². The van der Waals surface area contributed by atoms with Crippen molar-refractivity contribution < 1.29 is 4.79 Å². The molecular weight excluding hydrogens is 186 g/mol. The summed E-state index contributed by atoms with van der Waals surface area (Å²) < 4.78 is 0. The van der Waals surface area contributed by atoms with Gasteiger partial charge in [-0.1, -0.05) is 32.3 Å². The predicted octanol–water partition coefficient (Wildman–Crippen LogP) is 3.18. The highest BCUT2D eigenvalue weighted by Gasteiger charge is 2.09. The van der Waals surface area contributed by atoms with E-state index in [4.69, 9.17) is 0 Å². The molecule has 1 amide bonds. The lowest BCUT2D eigenvalue weighted by Gasteiger charge is -2.11. The van der Waals surface area contributed by atoms with Gasteiger partial charge in [0.15, 0.2) is 0 Å². The van der Waals surface area contributed by atoms with Crippen LogP contribution in [0, 0.1) is 0 Å². The van der Waals surface area contributed by atoms with E-state index in [1.54, 1.807) is 0 Å². The molecule has 2 nitrogen and oxygen atoms in total. The molecule has 0 unspecified atom stereocenters. The molecule has 0 saturated carbocycles. The third kappa shape index (κ3) is 5.01. The molecule has 0 atom stereocenters. The van der Waals surface area contributed by atoms with Gasteiger partial charge in [0.2, 0.25) is 5.91 Å². The number of carbonyl (C=O) groups excluding carboxylic acids is 1. The summed E-state index contributed by atoms with van der Waals surface area (Å²) in [6.07, 6.45) is 11.4. The maximum absolute atomic E-state index is 11.8. The Morgan fingerprint density at radius 3 is 2.93 bits per heavy atom. The molecule has 0 fully saturated rings. The van der Waals surface area contributed by atoms with Gasteiger partial charge in [0, 0.05) is 12.1 Å². The first-order chi connectivity index (χ1) is 7.34. The minimum Gasteiger partial charge on any atom is -0.352 e. The molecule has 0 aromatic carbocycles. The first-order valence-corrected chi connectivity index (χ1v) is 6.32. The van der Waals surface area contributed by atoms with Gasteiger partial charge >= 0.3 is 0 Å². The molecule has 0 heterocycles. The van der Waals surface area contributed by atoms with Crippen molar-refractivity contribution in [2.45, 2.75) is 58.3 Å². The molecule has 0 spiro atoms. The van der Waals surface area contributed by atoms with Crippen LogP contribution in [0.3, 0.4) is 0 Å². The van der Waals surface area contributed by atoms with Gasteiger partial charge in [-0.3, -0.25) is 4.79 Å². The monoisotopic (exact) mass is 209 g/mol. The quantitative estimate of drug-likeness (QED) is 0.708. The Morgan fingerprint density at radius 2 is 2.13 bits per heavy atom. The maximum atomic E-state index is 11.8. The Labute approximate surface area is 93.1 Å². The maximum Gasteiger partial charge on any atom is 0.246 e. The first-order valence-electron chi connectivity index (χ1n) is 6.32. The summed E-state index contributed by atoms with van der Waals surface area (Å²) in [4.78, 5) is 11.8. The molecule has 1 aliphatic carbocycles. The average molecular weight is 209 g/mol. The van der Waals surface area contributed by atoms with Gasteiger partial charge in [0.25, 0.3) is 0 Å². The number of hydrogen-bond acceptors (Lipinski definition) is 1. The first kappa shape index (κ1) is 12.3. The predicted molar refractivity (Wildman–Crippen MR) is 63.7 cm³/mol. The van der Waals surface area contributed by atoms with Crippen molar-refractivity contribution in [1.29, 1.82) is 0 Å². The van der Waals surface area contributed by atoms with E-state index in [2.05, 4.69) is 18.3 Å². The van der Waals surface area contributed by atoms with Crippen molar-refractivity contribution in [3.8, 4) is 0 Å².